The molecule has 2 N–H and O–H groups in total. The molecule has 0 unspecified atom stereocenters. The number of barbiturate groups is 1. The Morgan fingerprint density at radius 1 is 0.923 bits per heavy atom. The van der Waals surface area contributed by atoms with Crippen LogP contribution in [0.3, 0.4) is 0 Å². The van der Waals surface area contributed by atoms with E-state index in [0.717, 1.165) is 10.5 Å². The van der Waals surface area contributed by atoms with Gasteiger partial charge < -0.3 is 19.5 Å². The van der Waals surface area contributed by atoms with Crippen LogP contribution in [-0.2, 0) is 20.8 Å². The summed E-state index contributed by atoms with van der Waals surface area (Å²) in [5, 5.41) is 4.99. The maximum absolute atomic E-state index is 13.1. The lowest BCUT2D eigenvalue weighted by atomic mass is 10.1. The molecule has 0 spiro atoms. The first-order chi connectivity index (χ1) is 18.9. The van der Waals surface area contributed by atoms with Crippen molar-refractivity contribution in [1.82, 2.24) is 10.6 Å². The van der Waals surface area contributed by atoms with E-state index in [1.165, 1.54) is 32.4 Å². The second-order valence-electron chi connectivity index (χ2n) is 8.44. The summed E-state index contributed by atoms with van der Waals surface area (Å²) in [6.45, 7) is 0.257. The molecule has 1 saturated heterocycles. The van der Waals surface area contributed by atoms with Crippen molar-refractivity contribution in [1.29, 1.82) is 0 Å². The molecule has 1 aliphatic rings. The molecule has 0 aliphatic carbocycles. The number of ether oxygens (including phenoxy) is 3. The fraction of sp³-hybridized carbons (Fsp3) is 0.172. The van der Waals surface area contributed by atoms with E-state index in [1.807, 2.05) is 30.3 Å². The summed E-state index contributed by atoms with van der Waals surface area (Å²) < 4.78 is 16.1. The number of methoxy groups -OCH3 is 2. The molecule has 1 fully saturated rings. The van der Waals surface area contributed by atoms with Crippen LogP contribution in [0.1, 0.15) is 11.1 Å². The quantitative estimate of drug-likeness (QED) is 0.306. The number of nitrogens with one attached hydrogen (secondary N) is 2. The number of hydrogen-bond acceptors (Lipinski definition) is 7. The maximum atomic E-state index is 13.1. The molecule has 0 radical (unpaired) electrons. The fourth-order valence-corrected chi connectivity index (χ4v) is 3.87. The molecule has 5 amide bonds. The zero-order chi connectivity index (χ0) is 27.8. The lowest BCUT2D eigenvalue weighted by Crippen LogP contribution is -2.54. The molecule has 10 nitrogen and oxygen atoms in total. The fourth-order valence-electron chi connectivity index (χ4n) is 3.87. The molecule has 0 saturated carbocycles. The van der Waals surface area contributed by atoms with Crippen LogP contribution in [0.15, 0.2) is 78.4 Å². The molecule has 0 aromatic heterocycles. The Hall–Kier alpha value is -5.12. The first kappa shape index (κ1) is 26.9. The Bertz CT molecular complexity index is 1400. The number of urea groups is 1. The highest BCUT2D eigenvalue weighted by atomic mass is 16.5. The van der Waals surface area contributed by atoms with E-state index in [9.17, 15) is 19.2 Å². The highest BCUT2D eigenvalue weighted by Gasteiger charge is 2.36. The van der Waals surface area contributed by atoms with Crippen molar-refractivity contribution in [2.75, 3.05) is 32.3 Å². The molecule has 1 aliphatic heterocycles. The molecule has 3 aromatic carbocycles. The number of nitrogens with zero attached hydrogens (tertiary/aromatic N) is 1. The predicted molar refractivity (Wildman–Crippen MR) is 144 cm³/mol. The zero-order valence-corrected chi connectivity index (χ0v) is 21.4. The summed E-state index contributed by atoms with van der Waals surface area (Å²) in [5.41, 5.74) is 1.61. The van der Waals surface area contributed by atoms with Crippen molar-refractivity contribution in [3.8, 4) is 17.2 Å². The number of hydrogen-bond donors (Lipinski definition) is 2. The number of imide groups is 2. The van der Waals surface area contributed by atoms with Crippen molar-refractivity contribution in [3.05, 3.63) is 89.5 Å². The van der Waals surface area contributed by atoms with E-state index in [-0.39, 0.29) is 23.8 Å². The van der Waals surface area contributed by atoms with Crippen LogP contribution in [0.25, 0.3) is 6.08 Å². The van der Waals surface area contributed by atoms with Crippen LogP contribution in [0.5, 0.6) is 17.2 Å². The average Bonchev–Trinajstić information content (AvgIpc) is 2.95. The summed E-state index contributed by atoms with van der Waals surface area (Å²) in [5.74, 6) is -0.719. The second-order valence-corrected chi connectivity index (χ2v) is 8.44. The molecule has 3 aromatic rings. The van der Waals surface area contributed by atoms with Gasteiger partial charge in [-0.2, -0.15) is 0 Å². The van der Waals surface area contributed by atoms with Gasteiger partial charge in [0.05, 0.1) is 19.9 Å². The Morgan fingerprint density at radius 3 is 2.36 bits per heavy atom. The highest BCUT2D eigenvalue weighted by molar-refractivity contribution is 6.39. The van der Waals surface area contributed by atoms with Gasteiger partial charge in [-0.05, 0) is 60.0 Å². The van der Waals surface area contributed by atoms with E-state index in [1.54, 1.807) is 30.3 Å². The van der Waals surface area contributed by atoms with Crippen LogP contribution in [0.4, 0.5) is 10.5 Å². The number of benzene rings is 3. The van der Waals surface area contributed by atoms with Crippen molar-refractivity contribution < 1.29 is 33.4 Å². The van der Waals surface area contributed by atoms with Gasteiger partial charge in [0.15, 0.2) is 18.1 Å². The molecule has 10 heteroatoms. The lowest BCUT2D eigenvalue weighted by molar-refractivity contribution is -0.124. The first-order valence-corrected chi connectivity index (χ1v) is 12.1. The minimum atomic E-state index is -0.851. The second kappa shape index (κ2) is 12.4. The molecule has 4 rings (SSSR count). The summed E-state index contributed by atoms with van der Waals surface area (Å²) in [7, 11) is 2.93. The van der Waals surface area contributed by atoms with E-state index in [4.69, 9.17) is 14.2 Å². The van der Waals surface area contributed by atoms with Gasteiger partial charge in [0.1, 0.15) is 11.3 Å². The third-order valence-electron chi connectivity index (χ3n) is 5.87. The van der Waals surface area contributed by atoms with Gasteiger partial charge in [0, 0.05) is 6.54 Å². The summed E-state index contributed by atoms with van der Waals surface area (Å²) >= 11 is 0. The van der Waals surface area contributed by atoms with Crippen molar-refractivity contribution >= 4 is 35.5 Å². The van der Waals surface area contributed by atoms with Crippen molar-refractivity contribution in [2.24, 2.45) is 0 Å². The number of amides is 5. The van der Waals surface area contributed by atoms with E-state index >= 15 is 0 Å². The molecule has 39 heavy (non-hydrogen) atoms. The summed E-state index contributed by atoms with van der Waals surface area (Å²) in [6.07, 6.45) is 2.05. The van der Waals surface area contributed by atoms with Crippen molar-refractivity contribution in [3.63, 3.8) is 0 Å². The number of carbonyl (C=O) groups is 4. The predicted octanol–water partition coefficient (Wildman–Crippen LogP) is 3.11. The van der Waals surface area contributed by atoms with Crippen LogP contribution in [0.2, 0.25) is 0 Å². The number of rotatable bonds is 10. The zero-order valence-electron chi connectivity index (χ0n) is 21.4. The van der Waals surface area contributed by atoms with Gasteiger partial charge in [0.25, 0.3) is 17.7 Å². The highest BCUT2D eigenvalue weighted by Crippen LogP contribution is 2.30. The monoisotopic (exact) mass is 529 g/mol. The third-order valence-corrected chi connectivity index (χ3v) is 5.87. The number of carbonyl (C=O) groups excluding carboxylic acids is 4. The maximum Gasteiger partial charge on any atom is 0.335 e. The standard InChI is InChI=1S/C29H27N3O7/c1-37-22-11-9-21(10-12-22)32-28(35)23(27(34)31-29(32)36)16-20-8-13-24(25(17-20)38-2)39-18-26(33)30-15-14-19-6-4-3-5-7-19/h3-13,16-17H,14-15,18H2,1-2H3,(H,30,33)(H,31,34,36)/b23-16-. The van der Waals surface area contributed by atoms with E-state index in [0.29, 0.717) is 35.8 Å². The van der Waals surface area contributed by atoms with Gasteiger partial charge in [-0.25, -0.2) is 9.69 Å². The largest absolute Gasteiger partial charge is 0.497 e. The molecule has 200 valence electrons. The lowest BCUT2D eigenvalue weighted by Gasteiger charge is -2.26. The van der Waals surface area contributed by atoms with Gasteiger partial charge in [-0.3, -0.25) is 19.7 Å². The third kappa shape index (κ3) is 6.61. The van der Waals surface area contributed by atoms with Gasteiger partial charge in [0.2, 0.25) is 0 Å². The normalized spacial score (nSPS) is 14.2. The minimum absolute atomic E-state index is 0.217. The van der Waals surface area contributed by atoms with Crippen LogP contribution < -0.4 is 29.7 Å². The van der Waals surface area contributed by atoms with Crippen LogP contribution in [0, 0.1) is 0 Å². The molecule has 1 heterocycles. The van der Waals surface area contributed by atoms with E-state index in [2.05, 4.69) is 10.6 Å². The van der Waals surface area contributed by atoms with Crippen molar-refractivity contribution in [2.45, 2.75) is 6.42 Å². The topological polar surface area (TPSA) is 123 Å². The van der Waals surface area contributed by atoms with Gasteiger partial charge in [-0.15, -0.1) is 0 Å². The Kier molecular flexibility index (Phi) is 8.57. The Balaban J connectivity index is 1.43. The number of anilines is 1. The molecule has 0 bridgehead atoms. The average molecular weight is 530 g/mol. The Labute approximate surface area is 225 Å². The smallest absolute Gasteiger partial charge is 0.335 e. The first-order valence-electron chi connectivity index (χ1n) is 12.1. The van der Waals surface area contributed by atoms with Gasteiger partial charge >= 0.3 is 6.03 Å². The summed E-state index contributed by atoms with van der Waals surface area (Å²) in [4.78, 5) is 51.1. The Morgan fingerprint density at radius 2 is 1.67 bits per heavy atom. The molecular formula is C29H27N3O7. The van der Waals surface area contributed by atoms with Crippen LogP contribution >= 0.6 is 0 Å². The van der Waals surface area contributed by atoms with Crippen LogP contribution in [-0.4, -0.2) is 51.1 Å². The minimum Gasteiger partial charge on any atom is -0.497 e. The van der Waals surface area contributed by atoms with Gasteiger partial charge in [-0.1, -0.05) is 36.4 Å². The van der Waals surface area contributed by atoms with E-state index < -0.39 is 17.8 Å². The SMILES string of the molecule is COc1ccc(N2C(=O)NC(=O)/C(=C/c3ccc(OCC(=O)NCCc4ccccc4)c(OC)c3)C2=O)cc1. The molecule has 0 atom stereocenters. The summed E-state index contributed by atoms with van der Waals surface area (Å²) in [6, 6.07) is 20.0. The molecular weight excluding hydrogens is 502 g/mol.